The number of aromatic amines is 1. The second-order valence-electron chi connectivity index (χ2n) is 4.25. The number of nitrogens with zero attached hydrogens (tertiary/aromatic N) is 1. The second-order valence-corrected chi connectivity index (χ2v) is 5.16. The predicted molar refractivity (Wildman–Crippen MR) is 73.9 cm³/mol. The first-order valence-electron chi connectivity index (χ1n) is 5.89. The van der Waals surface area contributed by atoms with E-state index in [1.807, 2.05) is 0 Å². The highest BCUT2D eigenvalue weighted by molar-refractivity contribution is 7.17. The largest absolute Gasteiger partial charge is 0.373 e. The van der Waals surface area contributed by atoms with Crippen molar-refractivity contribution in [1.82, 2.24) is 9.97 Å². The van der Waals surface area contributed by atoms with Gasteiger partial charge in [0.05, 0.1) is 12.1 Å². The van der Waals surface area contributed by atoms with Gasteiger partial charge in [-0.05, 0) is 11.4 Å². The van der Waals surface area contributed by atoms with Crippen molar-refractivity contribution in [2.24, 2.45) is 0 Å². The molecule has 3 rings (SSSR count). The average Bonchev–Trinajstić information content (AvgIpc) is 2.86. The SMILES string of the molecule is O=c1[nH]c(CNc2c(F)cc(F)cc2F)nc2ccsc12. The second kappa shape index (κ2) is 5.21. The highest BCUT2D eigenvalue weighted by atomic mass is 32.1. The van der Waals surface area contributed by atoms with Gasteiger partial charge in [0.2, 0.25) is 0 Å². The summed E-state index contributed by atoms with van der Waals surface area (Å²) in [5, 5.41) is 4.19. The Labute approximate surface area is 120 Å². The van der Waals surface area contributed by atoms with Crippen molar-refractivity contribution in [1.29, 1.82) is 0 Å². The monoisotopic (exact) mass is 311 g/mol. The summed E-state index contributed by atoms with van der Waals surface area (Å²) in [6.07, 6.45) is 0. The first-order valence-corrected chi connectivity index (χ1v) is 6.77. The van der Waals surface area contributed by atoms with Gasteiger partial charge in [0.1, 0.15) is 22.0 Å². The molecule has 8 heteroatoms. The molecule has 0 saturated heterocycles. The molecule has 0 bridgehead atoms. The lowest BCUT2D eigenvalue weighted by Crippen LogP contribution is -2.14. The highest BCUT2D eigenvalue weighted by Crippen LogP contribution is 2.20. The summed E-state index contributed by atoms with van der Waals surface area (Å²) in [5.74, 6) is -2.87. The quantitative estimate of drug-likeness (QED) is 0.782. The summed E-state index contributed by atoms with van der Waals surface area (Å²) in [5.41, 5.74) is -0.267. The van der Waals surface area contributed by atoms with Crippen molar-refractivity contribution in [3.05, 3.63) is 57.2 Å². The number of hydrogen-bond donors (Lipinski definition) is 2. The van der Waals surface area contributed by atoms with Crippen LogP contribution in [-0.2, 0) is 6.54 Å². The molecule has 0 atom stereocenters. The molecule has 2 N–H and O–H groups in total. The Hall–Kier alpha value is -2.35. The van der Waals surface area contributed by atoms with E-state index in [-0.39, 0.29) is 17.9 Å². The molecule has 0 amide bonds. The van der Waals surface area contributed by atoms with Crippen molar-refractivity contribution < 1.29 is 13.2 Å². The number of halogens is 3. The summed E-state index contributed by atoms with van der Waals surface area (Å²) in [6, 6.07) is 2.82. The fourth-order valence-corrected chi connectivity index (χ4v) is 2.61. The first kappa shape index (κ1) is 13.6. The normalized spacial score (nSPS) is 11.0. The van der Waals surface area contributed by atoms with Crippen LogP contribution in [0.1, 0.15) is 5.82 Å². The maximum absolute atomic E-state index is 13.5. The minimum atomic E-state index is -1.05. The standard InChI is InChI=1S/C13H8F3N3OS/c14-6-3-7(15)11(8(16)4-6)17-5-10-18-9-1-2-21-12(9)13(20)19-10/h1-4,17H,5H2,(H,18,19,20). The van der Waals surface area contributed by atoms with Gasteiger partial charge in [-0.25, -0.2) is 18.2 Å². The Balaban J connectivity index is 1.88. The van der Waals surface area contributed by atoms with Gasteiger partial charge in [-0.3, -0.25) is 4.79 Å². The van der Waals surface area contributed by atoms with Crippen molar-refractivity contribution in [3.8, 4) is 0 Å². The third-order valence-electron chi connectivity index (χ3n) is 2.80. The van der Waals surface area contributed by atoms with E-state index in [9.17, 15) is 18.0 Å². The summed E-state index contributed by atoms with van der Waals surface area (Å²) in [7, 11) is 0. The summed E-state index contributed by atoms with van der Waals surface area (Å²) in [4.78, 5) is 18.4. The number of fused-ring (bicyclic) bond motifs is 1. The highest BCUT2D eigenvalue weighted by Gasteiger charge is 2.12. The molecular weight excluding hydrogens is 303 g/mol. The van der Waals surface area contributed by atoms with E-state index < -0.39 is 23.1 Å². The zero-order valence-electron chi connectivity index (χ0n) is 10.4. The van der Waals surface area contributed by atoms with Crippen LogP contribution in [0.4, 0.5) is 18.9 Å². The van der Waals surface area contributed by atoms with Gasteiger partial charge in [0, 0.05) is 12.1 Å². The van der Waals surface area contributed by atoms with Crippen LogP contribution in [0, 0.1) is 17.5 Å². The first-order chi connectivity index (χ1) is 10.0. The van der Waals surface area contributed by atoms with E-state index in [1.54, 1.807) is 11.4 Å². The minimum Gasteiger partial charge on any atom is -0.373 e. The Bertz CT molecular complexity index is 851. The number of benzene rings is 1. The van der Waals surface area contributed by atoms with Gasteiger partial charge >= 0.3 is 0 Å². The van der Waals surface area contributed by atoms with Gasteiger partial charge in [-0.1, -0.05) is 0 Å². The molecular formula is C13H8F3N3OS. The molecule has 2 aromatic heterocycles. The van der Waals surface area contributed by atoms with Crippen LogP contribution >= 0.6 is 11.3 Å². The van der Waals surface area contributed by atoms with Gasteiger partial charge in [0.15, 0.2) is 11.6 Å². The summed E-state index contributed by atoms with van der Waals surface area (Å²) >= 11 is 1.26. The van der Waals surface area contributed by atoms with E-state index in [4.69, 9.17) is 0 Å². The third-order valence-corrected chi connectivity index (χ3v) is 3.71. The Morgan fingerprint density at radius 3 is 2.67 bits per heavy atom. The summed E-state index contributed by atoms with van der Waals surface area (Å²) in [6.45, 7) is -0.0967. The maximum atomic E-state index is 13.5. The van der Waals surface area contributed by atoms with Crippen LogP contribution in [0.25, 0.3) is 10.2 Å². The number of H-pyrrole nitrogens is 1. The fraction of sp³-hybridized carbons (Fsp3) is 0.0769. The number of aromatic nitrogens is 2. The van der Waals surface area contributed by atoms with Crippen molar-refractivity contribution in [3.63, 3.8) is 0 Å². The summed E-state index contributed by atoms with van der Waals surface area (Å²) < 4.78 is 40.2. The van der Waals surface area contributed by atoms with Crippen LogP contribution in [0.15, 0.2) is 28.4 Å². The molecule has 0 unspecified atom stereocenters. The molecule has 0 saturated carbocycles. The molecule has 2 heterocycles. The Morgan fingerprint density at radius 2 is 1.95 bits per heavy atom. The van der Waals surface area contributed by atoms with Crippen molar-refractivity contribution in [2.75, 3.05) is 5.32 Å². The lowest BCUT2D eigenvalue weighted by atomic mass is 10.2. The molecule has 1 aromatic carbocycles. The van der Waals surface area contributed by atoms with Crippen molar-refractivity contribution in [2.45, 2.75) is 6.54 Å². The van der Waals surface area contributed by atoms with Gasteiger partial charge in [-0.15, -0.1) is 11.3 Å². The van der Waals surface area contributed by atoms with Gasteiger partial charge in [0.25, 0.3) is 5.56 Å². The lowest BCUT2D eigenvalue weighted by molar-refractivity contribution is 0.547. The van der Waals surface area contributed by atoms with E-state index in [2.05, 4.69) is 15.3 Å². The average molecular weight is 311 g/mol. The smallest absolute Gasteiger partial charge is 0.268 e. The zero-order valence-corrected chi connectivity index (χ0v) is 11.2. The van der Waals surface area contributed by atoms with Crippen LogP contribution in [0.3, 0.4) is 0 Å². The predicted octanol–water partition coefficient (Wildman–Crippen LogP) is 3.01. The topological polar surface area (TPSA) is 57.8 Å². The molecule has 0 spiro atoms. The lowest BCUT2D eigenvalue weighted by Gasteiger charge is -2.08. The maximum Gasteiger partial charge on any atom is 0.268 e. The minimum absolute atomic E-state index is 0.0967. The molecule has 0 aliphatic heterocycles. The molecule has 0 aliphatic carbocycles. The van der Waals surface area contributed by atoms with Gasteiger partial charge < -0.3 is 10.3 Å². The number of hydrogen-bond acceptors (Lipinski definition) is 4. The van der Waals surface area contributed by atoms with Crippen LogP contribution in [-0.4, -0.2) is 9.97 Å². The molecule has 3 aromatic rings. The number of thiophene rings is 1. The molecule has 0 radical (unpaired) electrons. The number of nitrogens with one attached hydrogen (secondary N) is 2. The van der Waals surface area contributed by atoms with Crippen LogP contribution in [0.5, 0.6) is 0 Å². The van der Waals surface area contributed by atoms with E-state index in [0.29, 0.717) is 22.3 Å². The number of rotatable bonds is 3. The van der Waals surface area contributed by atoms with Crippen LogP contribution < -0.4 is 10.9 Å². The van der Waals surface area contributed by atoms with Gasteiger partial charge in [-0.2, -0.15) is 0 Å². The molecule has 108 valence electrons. The molecule has 0 fully saturated rings. The van der Waals surface area contributed by atoms with Crippen molar-refractivity contribution >= 4 is 27.2 Å². The molecule has 21 heavy (non-hydrogen) atoms. The third kappa shape index (κ3) is 2.62. The Kier molecular flexibility index (Phi) is 3.38. The molecule has 0 aliphatic rings. The number of anilines is 1. The van der Waals surface area contributed by atoms with Crippen LogP contribution in [0.2, 0.25) is 0 Å². The fourth-order valence-electron chi connectivity index (χ4n) is 1.89. The van der Waals surface area contributed by atoms with E-state index in [1.165, 1.54) is 11.3 Å². The van der Waals surface area contributed by atoms with E-state index in [0.717, 1.165) is 0 Å². The molecule has 4 nitrogen and oxygen atoms in total. The van der Waals surface area contributed by atoms with E-state index >= 15 is 0 Å². The zero-order chi connectivity index (χ0) is 15.0. The Morgan fingerprint density at radius 1 is 1.24 bits per heavy atom.